The Balaban J connectivity index is 2.10. The first-order chi connectivity index (χ1) is 11.0. The molecule has 2 heterocycles. The topological polar surface area (TPSA) is 52.2 Å². The van der Waals surface area contributed by atoms with Crippen LogP contribution in [0.4, 0.5) is 4.39 Å². The van der Waals surface area contributed by atoms with Gasteiger partial charge >= 0.3 is 0 Å². The Morgan fingerprint density at radius 1 is 1.30 bits per heavy atom. The maximum Gasteiger partial charge on any atom is 0.300 e. The van der Waals surface area contributed by atoms with E-state index in [4.69, 9.17) is 0 Å². The minimum atomic E-state index is -0.380. The highest BCUT2D eigenvalue weighted by atomic mass is 32.1. The fourth-order valence-electron chi connectivity index (χ4n) is 2.52. The highest BCUT2D eigenvalue weighted by Crippen LogP contribution is 2.18. The summed E-state index contributed by atoms with van der Waals surface area (Å²) in [7, 11) is 0. The van der Waals surface area contributed by atoms with Crippen molar-refractivity contribution in [2.45, 2.75) is 33.9 Å². The number of hydrogen-bond donors (Lipinski definition) is 0. The Morgan fingerprint density at radius 3 is 2.74 bits per heavy atom. The number of carbonyl (C=O) groups excluding carboxylic acids is 1. The van der Waals surface area contributed by atoms with E-state index >= 15 is 0 Å². The average Bonchev–Trinajstić information content (AvgIpc) is 3.06. The molecule has 0 aliphatic carbocycles. The molecule has 0 N–H and O–H groups in total. The minimum Gasteiger partial charge on any atom is -0.317 e. The maximum atomic E-state index is 13.4. The van der Waals surface area contributed by atoms with Crippen LogP contribution in [0.1, 0.15) is 30.0 Å². The van der Waals surface area contributed by atoms with Crippen molar-refractivity contribution in [2.75, 3.05) is 0 Å². The predicted molar refractivity (Wildman–Crippen MR) is 88.0 cm³/mol. The van der Waals surface area contributed by atoms with Gasteiger partial charge < -0.3 is 4.57 Å². The van der Waals surface area contributed by atoms with Gasteiger partial charge in [0.05, 0.1) is 10.2 Å². The van der Waals surface area contributed by atoms with Crippen molar-refractivity contribution in [3.05, 3.63) is 46.3 Å². The SMILES string of the molecule is CCn1nc(C(=O)N=c2sc3cc(F)ccc3n2CC)cc1C. The van der Waals surface area contributed by atoms with Crippen LogP contribution < -0.4 is 4.80 Å². The molecule has 0 atom stereocenters. The second-order valence-electron chi connectivity index (χ2n) is 5.14. The number of halogens is 1. The van der Waals surface area contributed by atoms with E-state index in [2.05, 4.69) is 10.1 Å². The standard InChI is InChI=1S/C16H17FN4OS/c1-4-20-13-7-6-11(17)9-14(13)23-16(20)18-15(22)12-8-10(3)21(5-2)19-12/h6-9H,4-5H2,1-3H3. The third kappa shape index (κ3) is 2.84. The quantitative estimate of drug-likeness (QED) is 0.740. The van der Waals surface area contributed by atoms with Gasteiger partial charge in [-0.1, -0.05) is 11.3 Å². The van der Waals surface area contributed by atoms with Gasteiger partial charge in [0.1, 0.15) is 5.82 Å². The van der Waals surface area contributed by atoms with Crippen LogP contribution in [-0.2, 0) is 13.1 Å². The van der Waals surface area contributed by atoms with E-state index in [1.165, 1.54) is 23.5 Å². The van der Waals surface area contributed by atoms with Crippen molar-refractivity contribution in [3.63, 3.8) is 0 Å². The van der Waals surface area contributed by atoms with Gasteiger partial charge in [0.25, 0.3) is 5.91 Å². The van der Waals surface area contributed by atoms with Crippen molar-refractivity contribution in [1.82, 2.24) is 14.3 Å². The van der Waals surface area contributed by atoms with E-state index in [-0.39, 0.29) is 11.7 Å². The zero-order chi connectivity index (χ0) is 16.6. The molecule has 5 nitrogen and oxygen atoms in total. The van der Waals surface area contributed by atoms with Gasteiger partial charge in [-0.15, -0.1) is 0 Å². The zero-order valence-electron chi connectivity index (χ0n) is 13.2. The molecule has 0 spiro atoms. The van der Waals surface area contributed by atoms with E-state index in [1.807, 2.05) is 25.3 Å². The van der Waals surface area contributed by atoms with Gasteiger partial charge in [0, 0.05) is 18.8 Å². The third-order valence-corrected chi connectivity index (χ3v) is 4.70. The van der Waals surface area contributed by atoms with Crippen molar-refractivity contribution in [2.24, 2.45) is 4.99 Å². The molecule has 7 heteroatoms. The summed E-state index contributed by atoms with van der Waals surface area (Å²) >= 11 is 1.30. The Bertz CT molecular complexity index is 951. The summed E-state index contributed by atoms with van der Waals surface area (Å²) in [6.07, 6.45) is 0. The number of nitrogens with zero attached hydrogens (tertiary/aromatic N) is 4. The van der Waals surface area contributed by atoms with Gasteiger partial charge in [-0.3, -0.25) is 9.48 Å². The van der Waals surface area contributed by atoms with Crippen LogP contribution in [0.5, 0.6) is 0 Å². The van der Waals surface area contributed by atoms with Crippen LogP contribution in [0, 0.1) is 12.7 Å². The summed E-state index contributed by atoms with van der Waals surface area (Å²) in [6.45, 7) is 7.20. The van der Waals surface area contributed by atoms with Crippen LogP contribution >= 0.6 is 11.3 Å². The lowest BCUT2D eigenvalue weighted by Crippen LogP contribution is -2.16. The van der Waals surface area contributed by atoms with E-state index < -0.39 is 0 Å². The van der Waals surface area contributed by atoms with Crippen LogP contribution in [0.25, 0.3) is 10.2 Å². The fourth-order valence-corrected chi connectivity index (χ4v) is 3.63. The van der Waals surface area contributed by atoms with Gasteiger partial charge in [-0.05, 0) is 45.0 Å². The lowest BCUT2D eigenvalue weighted by atomic mass is 10.3. The molecule has 0 saturated carbocycles. The number of thiazole rings is 1. The first-order valence-electron chi connectivity index (χ1n) is 7.46. The first kappa shape index (κ1) is 15.6. The third-order valence-electron chi connectivity index (χ3n) is 3.66. The van der Waals surface area contributed by atoms with Crippen molar-refractivity contribution in [3.8, 4) is 0 Å². The fraction of sp³-hybridized carbons (Fsp3) is 0.312. The molecule has 1 aromatic carbocycles. The smallest absolute Gasteiger partial charge is 0.300 e. The summed E-state index contributed by atoms with van der Waals surface area (Å²) in [5.74, 6) is -0.674. The second-order valence-corrected chi connectivity index (χ2v) is 6.15. The lowest BCUT2D eigenvalue weighted by molar-refractivity contribution is 0.0992. The molecule has 0 unspecified atom stereocenters. The predicted octanol–water partition coefficient (Wildman–Crippen LogP) is 3.13. The number of fused-ring (bicyclic) bond motifs is 1. The summed E-state index contributed by atoms with van der Waals surface area (Å²) in [5, 5.41) is 4.26. The van der Waals surface area contributed by atoms with Gasteiger partial charge in [0.15, 0.2) is 10.5 Å². The van der Waals surface area contributed by atoms with Crippen molar-refractivity contribution >= 4 is 27.5 Å². The summed E-state index contributed by atoms with van der Waals surface area (Å²) in [6, 6.07) is 6.33. The first-order valence-corrected chi connectivity index (χ1v) is 8.27. The van der Waals surface area contributed by atoms with E-state index in [9.17, 15) is 9.18 Å². The number of amides is 1. The molecular weight excluding hydrogens is 315 g/mol. The van der Waals surface area contributed by atoms with Crippen LogP contribution in [0.3, 0.4) is 0 Å². The molecule has 0 saturated heterocycles. The molecule has 1 amide bonds. The lowest BCUT2D eigenvalue weighted by Gasteiger charge is -1.99. The number of aromatic nitrogens is 3. The van der Waals surface area contributed by atoms with Gasteiger partial charge in [-0.25, -0.2) is 4.39 Å². The Labute approximate surface area is 136 Å². The molecule has 0 aliphatic heterocycles. The number of hydrogen-bond acceptors (Lipinski definition) is 3. The maximum absolute atomic E-state index is 13.4. The molecule has 3 rings (SSSR count). The number of aryl methyl sites for hydroxylation is 3. The zero-order valence-corrected chi connectivity index (χ0v) is 14.0. The van der Waals surface area contributed by atoms with Gasteiger partial charge in [0.2, 0.25) is 0 Å². The monoisotopic (exact) mass is 332 g/mol. The number of rotatable bonds is 3. The normalized spacial score (nSPS) is 12.3. The van der Waals surface area contributed by atoms with Crippen molar-refractivity contribution < 1.29 is 9.18 Å². The van der Waals surface area contributed by atoms with Crippen LogP contribution in [-0.4, -0.2) is 20.3 Å². The summed E-state index contributed by atoms with van der Waals surface area (Å²) < 4.78 is 17.8. The molecule has 120 valence electrons. The largest absolute Gasteiger partial charge is 0.317 e. The van der Waals surface area contributed by atoms with E-state index in [1.54, 1.807) is 16.8 Å². The number of carbonyl (C=O) groups is 1. The molecule has 0 radical (unpaired) electrons. The second kappa shape index (κ2) is 6.08. The molecule has 3 aromatic rings. The molecule has 0 fully saturated rings. The number of benzene rings is 1. The highest BCUT2D eigenvalue weighted by molar-refractivity contribution is 7.16. The van der Waals surface area contributed by atoms with Crippen LogP contribution in [0.15, 0.2) is 29.3 Å². The minimum absolute atomic E-state index is 0.294. The van der Waals surface area contributed by atoms with Crippen LogP contribution in [0.2, 0.25) is 0 Å². The molecule has 2 aromatic heterocycles. The van der Waals surface area contributed by atoms with E-state index in [0.717, 1.165) is 15.9 Å². The molecule has 0 bridgehead atoms. The highest BCUT2D eigenvalue weighted by Gasteiger charge is 2.13. The summed E-state index contributed by atoms with van der Waals surface area (Å²) in [4.78, 5) is 17.1. The Morgan fingerprint density at radius 2 is 2.09 bits per heavy atom. The van der Waals surface area contributed by atoms with Crippen molar-refractivity contribution in [1.29, 1.82) is 0 Å². The van der Waals surface area contributed by atoms with E-state index in [0.29, 0.717) is 23.6 Å². The van der Waals surface area contributed by atoms with Gasteiger partial charge in [-0.2, -0.15) is 10.1 Å². The Hall–Kier alpha value is -2.28. The summed E-state index contributed by atoms with van der Waals surface area (Å²) in [5.41, 5.74) is 2.13. The molecular formula is C16H17FN4OS. The Kier molecular flexibility index (Phi) is 4.12. The molecule has 0 aliphatic rings. The average molecular weight is 332 g/mol. The molecule has 23 heavy (non-hydrogen) atoms.